The van der Waals surface area contributed by atoms with Crippen molar-refractivity contribution in [3.05, 3.63) is 54.4 Å². The van der Waals surface area contributed by atoms with Crippen LogP contribution >= 0.6 is 0 Å². The van der Waals surface area contributed by atoms with Crippen LogP contribution in [-0.2, 0) is 21.3 Å². The second-order valence-corrected chi connectivity index (χ2v) is 9.28. The fourth-order valence-corrected chi connectivity index (χ4v) is 4.96. The molecule has 30 heavy (non-hydrogen) atoms. The normalized spacial score (nSPS) is 21.7. The predicted octanol–water partition coefficient (Wildman–Crippen LogP) is 2.89. The molecule has 9 heteroatoms. The van der Waals surface area contributed by atoms with E-state index >= 15 is 0 Å². The molecule has 1 aromatic heterocycles. The molecule has 8 nitrogen and oxygen atoms in total. The van der Waals surface area contributed by atoms with Gasteiger partial charge >= 0.3 is 6.03 Å². The Hall–Kier alpha value is -2.49. The van der Waals surface area contributed by atoms with E-state index in [-0.39, 0.29) is 29.0 Å². The Balaban J connectivity index is 1.54. The number of amides is 2. The highest BCUT2D eigenvalue weighted by molar-refractivity contribution is 7.89. The van der Waals surface area contributed by atoms with Crippen molar-refractivity contribution in [3.8, 4) is 0 Å². The van der Waals surface area contributed by atoms with Gasteiger partial charge in [-0.05, 0) is 61.1 Å². The Morgan fingerprint density at radius 2 is 1.97 bits per heavy atom. The van der Waals surface area contributed by atoms with Gasteiger partial charge in [-0.25, -0.2) is 17.9 Å². The van der Waals surface area contributed by atoms with Crippen LogP contribution in [0.2, 0.25) is 0 Å². The highest BCUT2D eigenvalue weighted by Gasteiger charge is 2.31. The van der Waals surface area contributed by atoms with Gasteiger partial charge < -0.3 is 15.4 Å². The average molecular weight is 433 g/mol. The molecule has 3 unspecified atom stereocenters. The second kappa shape index (κ2) is 10.0. The summed E-state index contributed by atoms with van der Waals surface area (Å²) < 4.78 is 33.7. The van der Waals surface area contributed by atoms with E-state index in [1.54, 1.807) is 37.7 Å². The summed E-state index contributed by atoms with van der Waals surface area (Å²) in [6, 6.07) is 9.30. The fourth-order valence-electron chi connectivity index (χ4n) is 3.58. The zero-order valence-corrected chi connectivity index (χ0v) is 18.0. The van der Waals surface area contributed by atoms with Gasteiger partial charge in [-0.1, -0.05) is 13.0 Å². The minimum absolute atomic E-state index is 0.113. The number of nitrogens with one attached hydrogen (secondary N) is 3. The molecule has 3 atom stereocenters. The maximum atomic E-state index is 12.7. The molecule has 3 N–H and O–H groups in total. The molecule has 0 aliphatic heterocycles. The van der Waals surface area contributed by atoms with Gasteiger partial charge in [0.15, 0.2) is 0 Å². The van der Waals surface area contributed by atoms with Gasteiger partial charge in [-0.2, -0.15) is 0 Å². The third-order valence-electron chi connectivity index (χ3n) is 5.36. The minimum atomic E-state index is -3.63. The predicted molar refractivity (Wildman–Crippen MR) is 114 cm³/mol. The Bertz CT molecular complexity index is 935. The first kappa shape index (κ1) is 22.2. The molecule has 2 aromatic rings. The van der Waals surface area contributed by atoms with Crippen molar-refractivity contribution in [1.82, 2.24) is 15.0 Å². The Morgan fingerprint density at radius 1 is 1.20 bits per heavy atom. The van der Waals surface area contributed by atoms with Crippen LogP contribution < -0.4 is 15.4 Å². The SMILES string of the molecule is COC1CCC(NS(=O)(=O)c2ccc(NC(=O)NCc3cccnc3)cc2)C(C)C1. The fraction of sp³-hybridized carbons (Fsp3) is 0.429. The number of carbonyl (C=O) groups excluding carboxylic acids is 1. The van der Waals surface area contributed by atoms with Crippen molar-refractivity contribution in [3.63, 3.8) is 0 Å². The number of urea groups is 1. The van der Waals surface area contributed by atoms with Gasteiger partial charge in [-0.3, -0.25) is 4.98 Å². The summed E-state index contributed by atoms with van der Waals surface area (Å²) in [4.78, 5) is 16.2. The summed E-state index contributed by atoms with van der Waals surface area (Å²) >= 11 is 0. The third-order valence-corrected chi connectivity index (χ3v) is 6.87. The van der Waals surface area contributed by atoms with Gasteiger partial charge in [0, 0.05) is 37.8 Å². The number of nitrogens with zero attached hydrogens (tertiary/aromatic N) is 1. The number of pyridine rings is 1. The Morgan fingerprint density at radius 3 is 2.60 bits per heavy atom. The summed E-state index contributed by atoms with van der Waals surface area (Å²) in [6.07, 6.45) is 5.95. The first-order chi connectivity index (χ1) is 14.4. The number of hydrogen-bond donors (Lipinski definition) is 3. The van der Waals surface area contributed by atoms with Crippen LogP contribution in [0.1, 0.15) is 31.7 Å². The van der Waals surface area contributed by atoms with Crippen molar-refractivity contribution in [2.45, 2.75) is 49.8 Å². The summed E-state index contributed by atoms with van der Waals surface area (Å²) in [5, 5.41) is 5.42. The standard InChI is InChI=1S/C21H28N4O4S/c1-15-12-18(29-2)7-10-20(15)25-30(27,28)19-8-5-17(6-9-19)24-21(26)23-14-16-4-3-11-22-13-16/h3-6,8-9,11,13,15,18,20,25H,7,10,12,14H2,1-2H3,(H2,23,24,26). The maximum absolute atomic E-state index is 12.7. The number of ether oxygens (including phenoxy) is 1. The lowest BCUT2D eigenvalue weighted by Crippen LogP contribution is -2.44. The van der Waals surface area contributed by atoms with Crippen LogP contribution in [0.15, 0.2) is 53.7 Å². The summed E-state index contributed by atoms with van der Waals surface area (Å²) in [7, 11) is -1.94. The first-order valence-electron chi connectivity index (χ1n) is 9.96. The van der Waals surface area contributed by atoms with E-state index < -0.39 is 10.0 Å². The number of aromatic nitrogens is 1. The molecule has 2 amide bonds. The van der Waals surface area contributed by atoms with E-state index in [0.717, 1.165) is 24.8 Å². The van der Waals surface area contributed by atoms with E-state index in [1.165, 1.54) is 12.1 Å². The number of hydrogen-bond acceptors (Lipinski definition) is 5. The monoisotopic (exact) mass is 432 g/mol. The molecule has 0 saturated heterocycles. The molecule has 1 saturated carbocycles. The third kappa shape index (κ3) is 6.01. The molecular formula is C21H28N4O4S. The lowest BCUT2D eigenvalue weighted by atomic mass is 9.85. The maximum Gasteiger partial charge on any atom is 0.319 e. The van der Waals surface area contributed by atoms with Crippen molar-refractivity contribution in [1.29, 1.82) is 0 Å². The van der Waals surface area contributed by atoms with Crippen molar-refractivity contribution in [2.24, 2.45) is 5.92 Å². The van der Waals surface area contributed by atoms with Crippen molar-refractivity contribution < 1.29 is 17.9 Å². The van der Waals surface area contributed by atoms with Gasteiger partial charge in [-0.15, -0.1) is 0 Å². The number of anilines is 1. The molecule has 0 bridgehead atoms. The van der Waals surface area contributed by atoms with Crippen molar-refractivity contribution in [2.75, 3.05) is 12.4 Å². The van der Waals surface area contributed by atoms with E-state index in [1.807, 2.05) is 13.0 Å². The van der Waals surface area contributed by atoms with Gasteiger partial charge in [0.1, 0.15) is 0 Å². The molecule has 1 aliphatic carbocycles. The van der Waals surface area contributed by atoms with Crippen LogP contribution in [0.25, 0.3) is 0 Å². The lowest BCUT2D eigenvalue weighted by molar-refractivity contribution is 0.0453. The van der Waals surface area contributed by atoms with Gasteiger partial charge in [0.25, 0.3) is 0 Å². The minimum Gasteiger partial charge on any atom is -0.381 e. The van der Waals surface area contributed by atoms with E-state index in [4.69, 9.17) is 4.74 Å². The van der Waals surface area contributed by atoms with E-state index in [9.17, 15) is 13.2 Å². The highest BCUT2D eigenvalue weighted by atomic mass is 32.2. The smallest absolute Gasteiger partial charge is 0.319 e. The van der Waals surface area contributed by atoms with Gasteiger partial charge in [0.2, 0.25) is 10.0 Å². The Labute approximate surface area is 177 Å². The number of sulfonamides is 1. The number of carbonyl (C=O) groups is 1. The highest BCUT2D eigenvalue weighted by Crippen LogP contribution is 2.27. The molecule has 3 rings (SSSR count). The zero-order chi connectivity index (χ0) is 21.6. The molecule has 0 spiro atoms. The molecule has 1 aromatic carbocycles. The summed E-state index contributed by atoms with van der Waals surface area (Å²) in [5.74, 6) is 0.197. The molecule has 1 heterocycles. The quantitative estimate of drug-likeness (QED) is 0.623. The van der Waals surface area contributed by atoms with Crippen LogP contribution in [0, 0.1) is 5.92 Å². The molecule has 1 aliphatic rings. The number of rotatable bonds is 7. The largest absolute Gasteiger partial charge is 0.381 e. The molecular weight excluding hydrogens is 404 g/mol. The molecule has 162 valence electrons. The molecule has 1 fully saturated rings. The number of benzene rings is 1. The zero-order valence-electron chi connectivity index (χ0n) is 17.2. The summed E-state index contributed by atoms with van der Waals surface area (Å²) in [6.45, 7) is 2.38. The average Bonchev–Trinajstić information content (AvgIpc) is 2.75. The summed E-state index contributed by atoms with van der Waals surface area (Å²) in [5.41, 5.74) is 1.39. The molecule has 0 radical (unpaired) electrons. The number of methoxy groups -OCH3 is 1. The van der Waals surface area contributed by atoms with Crippen molar-refractivity contribution >= 4 is 21.7 Å². The first-order valence-corrected chi connectivity index (χ1v) is 11.4. The topological polar surface area (TPSA) is 109 Å². The van der Waals surface area contributed by atoms with Gasteiger partial charge in [0.05, 0.1) is 11.0 Å². The lowest BCUT2D eigenvalue weighted by Gasteiger charge is -2.33. The van der Waals surface area contributed by atoms with Crippen LogP contribution in [0.4, 0.5) is 10.5 Å². The van der Waals surface area contributed by atoms with Crippen LogP contribution in [0.5, 0.6) is 0 Å². The van der Waals surface area contributed by atoms with E-state index in [0.29, 0.717) is 12.2 Å². The van der Waals surface area contributed by atoms with E-state index in [2.05, 4.69) is 20.3 Å². The Kier molecular flexibility index (Phi) is 7.41. The second-order valence-electron chi connectivity index (χ2n) is 7.57. The van der Waals surface area contributed by atoms with Crippen LogP contribution in [-0.4, -0.2) is 38.7 Å². The van der Waals surface area contributed by atoms with Crippen LogP contribution in [0.3, 0.4) is 0 Å².